The van der Waals surface area contributed by atoms with Crippen LogP contribution in [0.5, 0.6) is 5.88 Å². The van der Waals surface area contributed by atoms with Crippen molar-refractivity contribution < 1.29 is 4.74 Å². The van der Waals surface area contributed by atoms with Gasteiger partial charge < -0.3 is 9.64 Å². The molecule has 2 aromatic rings. The quantitative estimate of drug-likeness (QED) is 0.750. The third-order valence-electron chi connectivity index (χ3n) is 4.18. The molecule has 1 aliphatic rings. The Labute approximate surface area is 132 Å². The lowest BCUT2D eigenvalue weighted by Crippen LogP contribution is -2.31. The highest BCUT2D eigenvalue weighted by atomic mass is 16.5. The number of aromatic nitrogens is 2. The van der Waals surface area contributed by atoms with Crippen LogP contribution in [0.15, 0.2) is 24.3 Å². The maximum Gasteiger partial charge on any atom is 0.229 e. The van der Waals surface area contributed by atoms with Crippen molar-refractivity contribution in [2.45, 2.75) is 45.4 Å². The number of hydrogen-bond acceptors (Lipinski definition) is 4. The Hall–Kier alpha value is -1.84. The molecule has 0 N–H and O–H groups in total. The van der Waals surface area contributed by atoms with Crippen molar-refractivity contribution in [1.29, 1.82) is 0 Å². The summed E-state index contributed by atoms with van der Waals surface area (Å²) in [5, 5.41) is 1.01. The summed E-state index contributed by atoms with van der Waals surface area (Å²) in [5.74, 6) is 1.56. The van der Waals surface area contributed by atoms with Gasteiger partial charge in [0.05, 0.1) is 17.5 Å². The third kappa shape index (κ3) is 3.49. The maximum absolute atomic E-state index is 5.98. The first-order chi connectivity index (χ1) is 10.9. The van der Waals surface area contributed by atoms with E-state index >= 15 is 0 Å². The molecule has 1 saturated heterocycles. The first kappa shape index (κ1) is 15.1. The molecule has 1 fully saturated rings. The predicted octanol–water partition coefficient (Wildman–Crippen LogP) is 4.19. The fourth-order valence-electron chi connectivity index (χ4n) is 2.90. The molecule has 4 nitrogen and oxygen atoms in total. The van der Waals surface area contributed by atoms with Gasteiger partial charge in [0.15, 0.2) is 0 Å². The van der Waals surface area contributed by atoms with Gasteiger partial charge in [0, 0.05) is 13.1 Å². The average molecular weight is 299 g/mol. The summed E-state index contributed by atoms with van der Waals surface area (Å²) in [6.45, 7) is 5.03. The fourth-order valence-corrected chi connectivity index (χ4v) is 2.90. The number of ether oxygens (including phenoxy) is 1. The number of hydrogen-bond donors (Lipinski definition) is 0. The van der Waals surface area contributed by atoms with Crippen LogP contribution in [-0.4, -0.2) is 29.7 Å². The molecule has 118 valence electrons. The molecule has 3 rings (SSSR count). The van der Waals surface area contributed by atoms with Gasteiger partial charge in [0.1, 0.15) is 0 Å². The maximum atomic E-state index is 5.98. The first-order valence-corrected chi connectivity index (χ1v) is 8.53. The normalized spacial score (nSPS) is 15.2. The molecule has 1 aliphatic heterocycles. The summed E-state index contributed by atoms with van der Waals surface area (Å²) in [7, 11) is 0. The Morgan fingerprint density at radius 2 is 1.86 bits per heavy atom. The van der Waals surface area contributed by atoms with Gasteiger partial charge in [0.2, 0.25) is 11.8 Å². The van der Waals surface area contributed by atoms with Crippen molar-refractivity contribution in [3.63, 3.8) is 0 Å². The van der Waals surface area contributed by atoms with E-state index in [-0.39, 0.29) is 0 Å². The van der Waals surface area contributed by atoms with Gasteiger partial charge in [-0.2, -0.15) is 4.98 Å². The smallest absolute Gasteiger partial charge is 0.229 e. The Bertz CT molecular complexity index is 608. The van der Waals surface area contributed by atoms with E-state index in [1.54, 1.807) is 0 Å². The van der Waals surface area contributed by atoms with Crippen molar-refractivity contribution >= 4 is 16.9 Å². The van der Waals surface area contributed by atoms with Crippen LogP contribution in [0.2, 0.25) is 0 Å². The number of anilines is 1. The minimum absolute atomic E-state index is 0.730. The summed E-state index contributed by atoms with van der Waals surface area (Å²) in [5.41, 5.74) is 0.976. The largest absolute Gasteiger partial charge is 0.477 e. The van der Waals surface area contributed by atoms with Crippen molar-refractivity contribution in [3.8, 4) is 5.88 Å². The highest BCUT2D eigenvalue weighted by Crippen LogP contribution is 2.26. The zero-order chi connectivity index (χ0) is 15.2. The van der Waals surface area contributed by atoms with E-state index in [0.717, 1.165) is 48.8 Å². The molecule has 1 aromatic heterocycles. The van der Waals surface area contributed by atoms with Gasteiger partial charge in [-0.05, 0) is 37.8 Å². The lowest BCUT2D eigenvalue weighted by Gasteiger charge is -2.27. The lowest BCUT2D eigenvalue weighted by atomic mass is 10.1. The number of nitrogens with zero attached hydrogens (tertiary/aromatic N) is 3. The van der Waals surface area contributed by atoms with E-state index in [1.807, 2.05) is 24.3 Å². The Morgan fingerprint density at radius 3 is 2.68 bits per heavy atom. The van der Waals surface area contributed by atoms with Crippen LogP contribution in [0, 0.1) is 0 Å². The lowest BCUT2D eigenvalue weighted by molar-refractivity contribution is 0.298. The predicted molar refractivity (Wildman–Crippen MR) is 90.6 cm³/mol. The monoisotopic (exact) mass is 299 g/mol. The second-order valence-corrected chi connectivity index (χ2v) is 5.95. The van der Waals surface area contributed by atoms with Gasteiger partial charge in [0.25, 0.3) is 0 Å². The fraction of sp³-hybridized carbons (Fsp3) is 0.556. The summed E-state index contributed by atoms with van der Waals surface area (Å²) in [4.78, 5) is 11.7. The molecular weight excluding hydrogens is 274 g/mol. The molecule has 0 aliphatic carbocycles. The van der Waals surface area contributed by atoms with Crippen LogP contribution < -0.4 is 9.64 Å². The van der Waals surface area contributed by atoms with Crippen LogP contribution >= 0.6 is 0 Å². The second kappa shape index (κ2) is 7.43. The molecule has 1 aromatic carbocycles. The summed E-state index contributed by atoms with van der Waals surface area (Å²) in [6, 6.07) is 8.13. The van der Waals surface area contributed by atoms with Gasteiger partial charge in [-0.25, -0.2) is 4.98 Å². The number of unbranched alkanes of at least 4 members (excludes halogenated alkanes) is 2. The van der Waals surface area contributed by atoms with Gasteiger partial charge in [-0.1, -0.05) is 31.9 Å². The van der Waals surface area contributed by atoms with Crippen LogP contribution in [-0.2, 0) is 0 Å². The Balaban J connectivity index is 1.86. The number of para-hydroxylation sites is 1. The minimum atomic E-state index is 0.730. The number of piperidine rings is 1. The Kier molecular flexibility index (Phi) is 5.09. The van der Waals surface area contributed by atoms with Gasteiger partial charge in [-0.15, -0.1) is 0 Å². The van der Waals surface area contributed by atoms with Crippen molar-refractivity contribution in [2.24, 2.45) is 0 Å². The molecule has 0 atom stereocenters. The van der Waals surface area contributed by atoms with Gasteiger partial charge in [-0.3, -0.25) is 0 Å². The number of rotatable bonds is 6. The molecular formula is C18H25N3O. The first-order valence-electron chi connectivity index (χ1n) is 8.53. The second-order valence-electron chi connectivity index (χ2n) is 5.95. The summed E-state index contributed by atoms with van der Waals surface area (Å²) in [6.07, 6.45) is 7.24. The van der Waals surface area contributed by atoms with Crippen molar-refractivity contribution in [3.05, 3.63) is 24.3 Å². The van der Waals surface area contributed by atoms with E-state index in [0.29, 0.717) is 0 Å². The zero-order valence-electron chi connectivity index (χ0n) is 13.4. The molecule has 4 heteroatoms. The molecule has 0 radical (unpaired) electrons. The minimum Gasteiger partial charge on any atom is -0.477 e. The molecule has 0 unspecified atom stereocenters. The molecule has 22 heavy (non-hydrogen) atoms. The van der Waals surface area contributed by atoms with Crippen LogP contribution in [0.3, 0.4) is 0 Å². The highest BCUT2D eigenvalue weighted by Gasteiger charge is 2.16. The van der Waals surface area contributed by atoms with E-state index in [4.69, 9.17) is 14.7 Å². The van der Waals surface area contributed by atoms with E-state index in [9.17, 15) is 0 Å². The molecule has 0 spiro atoms. The standard InChI is InChI=1S/C18H25N3O/c1-2-3-9-14-22-17-15-10-5-6-11-16(15)19-18(20-17)21-12-7-4-8-13-21/h5-6,10-11H,2-4,7-9,12-14H2,1H3. The van der Waals surface area contributed by atoms with Crippen LogP contribution in [0.4, 0.5) is 5.95 Å². The van der Waals surface area contributed by atoms with Crippen LogP contribution in [0.1, 0.15) is 45.4 Å². The molecule has 2 heterocycles. The Morgan fingerprint density at radius 1 is 1.05 bits per heavy atom. The molecule has 0 saturated carbocycles. The summed E-state index contributed by atoms with van der Waals surface area (Å²) >= 11 is 0. The van der Waals surface area contributed by atoms with E-state index in [1.165, 1.54) is 32.1 Å². The SMILES string of the molecule is CCCCCOc1nc(N2CCCCC2)nc2ccccc12. The van der Waals surface area contributed by atoms with E-state index in [2.05, 4.69) is 11.8 Å². The van der Waals surface area contributed by atoms with E-state index < -0.39 is 0 Å². The zero-order valence-corrected chi connectivity index (χ0v) is 13.4. The average Bonchev–Trinajstić information content (AvgIpc) is 2.59. The van der Waals surface area contributed by atoms with Crippen LogP contribution in [0.25, 0.3) is 10.9 Å². The third-order valence-corrected chi connectivity index (χ3v) is 4.18. The van der Waals surface area contributed by atoms with Crippen molar-refractivity contribution in [1.82, 2.24) is 9.97 Å². The highest BCUT2D eigenvalue weighted by molar-refractivity contribution is 5.84. The molecule has 0 bridgehead atoms. The number of fused-ring (bicyclic) bond motifs is 1. The topological polar surface area (TPSA) is 38.2 Å². The van der Waals surface area contributed by atoms with Gasteiger partial charge >= 0.3 is 0 Å². The summed E-state index contributed by atoms with van der Waals surface area (Å²) < 4.78 is 5.98. The van der Waals surface area contributed by atoms with Crippen molar-refractivity contribution in [2.75, 3.05) is 24.6 Å². The number of benzene rings is 1. The molecule has 0 amide bonds.